The van der Waals surface area contributed by atoms with Crippen LogP contribution < -0.4 is 4.90 Å². The van der Waals surface area contributed by atoms with Crippen molar-refractivity contribution in [3.63, 3.8) is 0 Å². The van der Waals surface area contributed by atoms with Gasteiger partial charge in [0, 0.05) is 39.3 Å². The van der Waals surface area contributed by atoms with E-state index in [9.17, 15) is 9.18 Å². The van der Waals surface area contributed by atoms with Crippen LogP contribution in [0.4, 0.5) is 15.8 Å². The molecule has 3 fully saturated rings. The average Bonchev–Trinajstić information content (AvgIpc) is 3.50. The molecule has 1 amide bonds. The Morgan fingerprint density at radius 3 is 2.51 bits per heavy atom. The van der Waals surface area contributed by atoms with Crippen LogP contribution in [-0.2, 0) is 9.53 Å². The molecule has 5 rings (SSSR count). The zero-order valence-electron chi connectivity index (χ0n) is 19.9. The molecule has 6 nitrogen and oxygen atoms in total. The van der Waals surface area contributed by atoms with E-state index in [1.165, 1.54) is 17.8 Å². The lowest BCUT2D eigenvalue weighted by molar-refractivity contribution is -0.122. The molecule has 3 heterocycles. The van der Waals surface area contributed by atoms with Gasteiger partial charge in [-0.25, -0.2) is 9.38 Å². The number of carbonyl (C=O) groups is 1. The van der Waals surface area contributed by atoms with Crippen molar-refractivity contribution in [2.24, 2.45) is 4.99 Å². The van der Waals surface area contributed by atoms with Gasteiger partial charge >= 0.3 is 0 Å². The minimum Gasteiger partial charge on any atom is -0.379 e. The molecular formula is C27H31FN4O2S. The summed E-state index contributed by atoms with van der Waals surface area (Å²) in [7, 11) is 0. The Morgan fingerprint density at radius 2 is 1.77 bits per heavy atom. The minimum atomic E-state index is -0.239. The van der Waals surface area contributed by atoms with Crippen LogP contribution in [0, 0.1) is 5.82 Å². The molecule has 3 aliphatic rings. The molecule has 0 bridgehead atoms. The first-order valence-corrected chi connectivity index (χ1v) is 13.2. The second-order valence-electron chi connectivity index (χ2n) is 9.01. The smallest absolute Gasteiger partial charge is 0.266 e. The number of ether oxygens (including phenoxy) is 1. The number of halogens is 1. The Balaban J connectivity index is 1.34. The maximum Gasteiger partial charge on any atom is 0.266 e. The topological polar surface area (TPSA) is 48.4 Å². The Labute approximate surface area is 210 Å². The molecule has 0 unspecified atom stereocenters. The monoisotopic (exact) mass is 494 g/mol. The van der Waals surface area contributed by atoms with Crippen molar-refractivity contribution >= 4 is 40.3 Å². The summed E-state index contributed by atoms with van der Waals surface area (Å²) in [6.45, 7) is 6.68. The fraction of sp³-hybridized carbons (Fsp3) is 0.407. The molecule has 184 valence electrons. The number of amidine groups is 1. The lowest BCUT2D eigenvalue weighted by Crippen LogP contribution is -2.38. The lowest BCUT2D eigenvalue weighted by atomic mass is 10.1. The van der Waals surface area contributed by atoms with Crippen LogP contribution in [0.2, 0.25) is 0 Å². The van der Waals surface area contributed by atoms with E-state index in [0.717, 1.165) is 70.9 Å². The van der Waals surface area contributed by atoms with Gasteiger partial charge in [-0.15, -0.1) is 0 Å². The van der Waals surface area contributed by atoms with E-state index in [1.54, 1.807) is 11.0 Å². The molecule has 2 aromatic rings. The second kappa shape index (κ2) is 11.4. The molecule has 0 aliphatic carbocycles. The maximum absolute atomic E-state index is 14.8. The van der Waals surface area contributed by atoms with E-state index in [-0.39, 0.29) is 11.7 Å². The molecule has 35 heavy (non-hydrogen) atoms. The number of benzene rings is 2. The number of anilines is 1. The molecular weight excluding hydrogens is 463 g/mol. The highest BCUT2D eigenvalue weighted by Gasteiger charge is 2.33. The number of carbonyl (C=O) groups excluding carboxylic acids is 1. The summed E-state index contributed by atoms with van der Waals surface area (Å²) in [5.74, 6) is -0.312. The highest BCUT2D eigenvalue weighted by molar-refractivity contribution is 8.18. The summed E-state index contributed by atoms with van der Waals surface area (Å²) in [6, 6.07) is 14.9. The third kappa shape index (κ3) is 5.94. The van der Waals surface area contributed by atoms with Gasteiger partial charge in [0.1, 0.15) is 5.82 Å². The van der Waals surface area contributed by atoms with E-state index >= 15 is 0 Å². The van der Waals surface area contributed by atoms with Crippen LogP contribution in [0.3, 0.4) is 0 Å². The SMILES string of the molecule is O=C1/C(=C/c2ccc(N3CCCC3)c(F)c2)SC(=Nc2ccccc2)N1CCCN1CCOCC1. The standard InChI is InChI=1S/C27H31FN4O2S/c28-23-19-21(9-10-24(23)31-12-4-5-13-31)20-25-26(33)32(14-6-11-30-15-17-34-18-16-30)27(35-25)29-22-7-2-1-3-8-22/h1-3,7-10,19-20H,4-6,11-18H2/b25-20-,29-27?. The van der Waals surface area contributed by atoms with Gasteiger partial charge in [0.05, 0.1) is 29.5 Å². The molecule has 2 aromatic carbocycles. The van der Waals surface area contributed by atoms with Crippen LogP contribution in [0.15, 0.2) is 58.4 Å². The highest BCUT2D eigenvalue weighted by Crippen LogP contribution is 2.35. The van der Waals surface area contributed by atoms with Gasteiger partial charge in [-0.05, 0) is 66.9 Å². The maximum atomic E-state index is 14.8. The highest BCUT2D eigenvalue weighted by atomic mass is 32.2. The van der Waals surface area contributed by atoms with Crippen molar-refractivity contribution < 1.29 is 13.9 Å². The molecule has 0 aromatic heterocycles. The van der Waals surface area contributed by atoms with Crippen molar-refractivity contribution in [3.8, 4) is 0 Å². The van der Waals surface area contributed by atoms with Gasteiger partial charge in [0.25, 0.3) is 5.91 Å². The number of para-hydroxylation sites is 1. The van der Waals surface area contributed by atoms with Crippen LogP contribution in [0.5, 0.6) is 0 Å². The zero-order chi connectivity index (χ0) is 24.0. The number of aliphatic imine (C=N–C) groups is 1. The quantitative estimate of drug-likeness (QED) is 0.520. The number of morpholine rings is 1. The van der Waals surface area contributed by atoms with E-state index in [4.69, 9.17) is 9.73 Å². The Hall–Kier alpha value is -2.68. The third-order valence-corrected chi connectivity index (χ3v) is 7.55. The lowest BCUT2D eigenvalue weighted by Gasteiger charge is -2.27. The first kappa shape index (κ1) is 24.0. The molecule has 3 aliphatic heterocycles. The van der Waals surface area contributed by atoms with Gasteiger partial charge in [-0.3, -0.25) is 14.6 Å². The first-order valence-electron chi connectivity index (χ1n) is 12.4. The van der Waals surface area contributed by atoms with Gasteiger partial charge in [-0.1, -0.05) is 24.3 Å². The summed E-state index contributed by atoms with van der Waals surface area (Å²) >= 11 is 1.36. The van der Waals surface area contributed by atoms with Crippen LogP contribution in [0.1, 0.15) is 24.8 Å². The van der Waals surface area contributed by atoms with Crippen molar-refractivity contribution in [1.82, 2.24) is 9.80 Å². The normalized spacial score (nSPS) is 21.6. The Bertz CT molecular complexity index is 1100. The predicted molar refractivity (Wildman–Crippen MR) is 141 cm³/mol. The fourth-order valence-electron chi connectivity index (χ4n) is 4.66. The van der Waals surface area contributed by atoms with Crippen LogP contribution in [0.25, 0.3) is 6.08 Å². The van der Waals surface area contributed by atoms with E-state index < -0.39 is 0 Å². The number of thioether (sulfide) groups is 1. The van der Waals surface area contributed by atoms with Crippen molar-refractivity contribution in [3.05, 3.63) is 64.8 Å². The molecule has 0 spiro atoms. The average molecular weight is 495 g/mol. The van der Waals surface area contributed by atoms with Crippen LogP contribution in [-0.4, -0.2) is 73.4 Å². The molecule has 0 saturated carbocycles. The Morgan fingerprint density at radius 1 is 1.00 bits per heavy atom. The molecule has 8 heteroatoms. The molecule has 0 N–H and O–H groups in total. The summed E-state index contributed by atoms with van der Waals surface area (Å²) < 4.78 is 20.3. The Kier molecular flexibility index (Phi) is 7.81. The van der Waals surface area contributed by atoms with Crippen molar-refractivity contribution in [1.29, 1.82) is 0 Å². The molecule has 0 radical (unpaired) electrons. The second-order valence-corrected chi connectivity index (χ2v) is 10.0. The molecule has 3 saturated heterocycles. The summed E-state index contributed by atoms with van der Waals surface area (Å²) in [4.78, 5) is 24.9. The number of hydrogen-bond donors (Lipinski definition) is 0. The third-order valence-electron chi connectivity index (χ3n) is 6.55. The van der Waals surface area contributed by atoms with Crippen molar-refractivity contribution in [2.75, 3.05) is 57.4 Å². The van der Waals surface area contributed by atoms with Gasteiger partial charge < -0.3 is 9.64 Å². The first-order chi connectivity index (χ1) is 17.2. The largest absolute Gasteiger partial charge is 0.379 e. The number of hydrogen-bond acceptors (Lipinski definition) is 6. The number of nitrogens with zero attached hydrogens (tertiary/aromatic N) is 4. The zero-order valence-corrected chi connectivity index (χ0v) is 20.7. The minimum absolute atomic E-state index is 0.0734. The van der Waals surface area contributed by atoms with Crippen LogP contribution >= 0.6 is 11.8 Å². The number of amides is 1. The van der Waals surface area contributed by atoms with E-state index in [0.29, 0.717) is 27.9 Å². The fourth-order valence-corrected chi connectivity index (χ4v) is 5.68. The summed E-state index contributed by atoms with van der Waals surface area (Å²) in [5.41, 5.74) is 2.14. The van der Waals surface area contributed by atoms with Gasteiger partial charge in [-0.2, -0.15) is 0 Å². The van der Waals surface area contributed by atoms with Gasteiger partial charge in [0.2, 0.25) is 0 Å². The molecule has 0 atom stereocenters. The van der Waals surface area contributed by atoms with Gasteiger partial charge in [0.15, 0.2) is 5.17 Å². The van der Waals surface area contributed by atoms with E-state index in [2.05, 4.69) is 9.80 Å². The predicted octanol–water partition coefficient (Wildman–Crippen LogP) is 4.75. The number of rotatable bonds is 7. The van der Waals surface area contributed by atoms with E-state index in [1.807, 2.05) is 42.5 Å². The van der Waals surface area contributed by atoms with Crippen molar-refractivity contribution in [2.45, 2.75) is 19.3 Å². The summed E-state index contributed by atoms with van der Waals surface area (Å²) in [5, 5.41) is 0.670. The summed E-state index contributed by atoms with van der Waals surface area (Å²) in [6.07, 6.45) is 4.83.